The average molecular weight is 593 g/mol. The predicted molar refractivity (Wildman–Crippen MR) is 182 cm³/mol. The number of furan rings is 1. The molecule has 0 N–H and O–H groups in total. The van der Waals surface area contributed by atoms with Gasteiger partial charge in [-0.25, -0.2) is 15.0 Å². The highest BCUT2D eigenvalue weighted by Crippen LogP contribution is 2.41. The molecule has 0 unspecified atom stereocenters. The van der Waals surface area contributed by atoms with Crippen molar-refractivity contribution in [2.75, 3.05) is 0 Å². The molecule has 0 saturated heterocycles. The van der Waals surface area contributed by atoms with Crippen LogP contribution < -0.4 is 0 Å². The molecular formula is C39H23N3OS. The van der Waals surface area contributed by atoms with E-state index in [-0.39, 0.29) is 50.5 Å². The van der Waals surface area contributed by atoms with Crippen molar-refractivity contribution in [3.05, 3.63) is 139 Å². The van der Waals surface area contributed by atoms with Crippen molar-refractivity contribution in [2.45, 2.75) is 0 Å². The molecule has 0 radical (unpaired) electrons. The Morgan fingerprint density at radius 2 is 1.30 bits per heavy atom. The molecule has 0 aliphatic heterocycles. The van der Waals surface area contributed by atoms with Gasteiger partial charge >= 0.3 is 0 Å². The van der Waals surface area contributed by atoms with Crippen LogP contribution in [0, 0.1) is 0 Å². The Morgan fingerprint density at radius 3 is 2.18 bits per heavy atom. The van der Waals surface area contributed by atoms with Gasteiger partial charge < -0.3 is 4.42 Å². The molecule has 0 spiro atoms. The standard InChI is InChI=1S/C39H23N3OS/c1-3-11-24(12-4-1)27-16-10-19-33-35(27)31-23-26(21-22-32(31)43-33)38-40-37(25-13-5-2-6-14-25)41-39(42-38)30-18-9-17-29-28-15-7-8-20-34(28)44-36(29)30/h1-23H/i1D,3D,4D,10D,11D,12D,16D,19D,21D,22D,23D. The fraction of sp³-hybridized carbons (Fsp3) is 0. The summed E-state index contributed by atoms with van der Waals surface area (Å²) in [6.45, 7) is 0. The monoisotopic (exact) mass is 592 g/mol. The quantitative estimate of drug-likeness (QED) is 0.204. The molecular weight excluding hydrogens is 559 g/mol. The third-order valence-electron chi connectivity index (χ3n) is 7.36. The van der Waals surface area contributed by atoms with Crippen molar-refractivity contribution in [1.29, 1.82) is 0 Å². The van der Waals surface area contributed by atoms with Gasteiger partial charge in [-0.05, 0) is 47.4 Å². The van der Waals surface area contributed by atoms with Gasteiger partial charge in [-0.3, -0.25) is 0 Å². The smallest absolute Gasteiger partial charge is 0.165 e. The van der Waals surface area contributed by atoms with Crippen LogP contribution in [-0.4, -0.2) is 15.0 Å². The van der Waals surface area contributed by atoms with Gasteiger partial charge in [-0.1, -0.05) is 103 Å². The Kier molecular flexibility index (Phi) is 3.69. The lowest BCUT2D eigenvalue weighted by Crippen LogP contribution is -2.00. The maximum Gasteiger partial charge on any atom is 0.165 e. The third-order valence-corrected chi connectivity index (χ3v) is 8.58. The van der Waals surface area contributed by atoms with Crippen LogP contribution in [0.25, 0.3) is 87.4 Å². The Labute approximate surface area is 272 Å². The molecule has 0 aliphatic rings. The van der Waals surface area contributed by atoms with Gasteiger partial charge in [0.1, 0.15) is 11.2 Å². The van der Waals surface area contributed by atoms with Crippen molar-refractivity contribution in [3.63, 3.8) is 0 Å². The maximum atomic E-state index is 9.62. The first-order valence-electron chi connectivity index (χ1n) is 19.1. The Morgan fingerprint density at radius 1 is 0.523 bits per heavy atom. The Hall–Kier alpha value is -5.65. The average Bonchev–Trinajstić information content (AvgIpc) is 3.79. The van der Waals surface area contributed by atoms with Crippen molar-refractivity contribution < 1.29 is 19.5 Å². The first-order chi connectivity index (χ1) is 26.4. The van der Waals surface area contributed by atoms with Gasteiger partial charge in [0.2, 0.25) is 0 Å². The zero-order chi connectivity index (χ0) is 38.6. The van der Waals surface area contributed by atoms with E-state index in [1.165, 1.54) is 0 Å². The lowest BCUT2D eigenvalue weighted by atomic mass is 9.99. The van der Waals surface area contributed by atoms with Gasteiger partial charge in [0.15, 0.2) is 17.5 Å². The summed E-state index contributed by atoms with van der Waals surface area (Å²) in [6, 6.07) is 16.3. The number of hydrogen-bond donors (Lipinski definition) is 0. The molecule has 44 heavy (non-hydrogen) atoms. The molecule has 3 aromatic heterocycles. The molecule has 6 aromatic carbocycles. The van der Waals surface area contributed by atoms with Crippen LogP contribution in [0.5, 0.6) is 0 Å². The molecule has 9 aromatic rings. The number of thiophene rings is 1. The second-order valence-electron chi connectivity index (χ2n) is 9.96. The number of benzene rings is 6. The van der Waals surface area contributed by atoms with E-state index in [1.807, 2.05) is 72.8 Å². The molecule has 0 bridgehead atoms. The topological polar surface area (TPSA) is 51.8 Å². The second kappa shape index (κ2) is 9.97. The fourth-order valence-electron chi connectivity index (χ4n) is 5.38. The van der Waals surface area contributed by atoms with E-state index in [0.717, 1.165) is 20.2 Å². The second-order valence-corrected chi connectivity index (χ2v) is 11.0. The van der Waals surface area contributed by atoms with Gasteiger partial charge in [0.05, 0.1) is 15.1 Å². The highest BCUT2D eigenvalue weighted by molar-refractivity contribution is 7.26. The maximum absolute atomic E-state index is 9.62. The SMILES string of the molecule is [2H]c1c([2H])c([2H])c(-c2c([2H])c([2H])c([2H])c3oc4c([2H])c([2H])c(-c5nc(-c6ccccc6)nc(-c6cccc7c6sc6ccccc67)n5)c([2H])c4c23)c([2H])c1[2H]. The zero-order valence-electron chi connectivity index (χ0n) is 33.6. The number of rotatable bonds is 4. The summed E-state index contributed by atoms with van der Waals surface area (Å²) < 4.78 is 104. The van der Waals surface area contributed by atoms with E-state index >= 15 is 0 Å². The van der Waals surface area contributed by atoms with E-state index in [1.54, 1.807) is 11.3 Å². The number of nitrogens with zero attached hydrogens (tertiary/aromatic N) is 3. The summed E-state index contributed by atoms with van der Waals surface area (Å²) in [5.41, 5.74) is -0.292. The molecule has 0 saturated carbocycles. The van der Waals surface area contributed by atoms with Crippen LogP contribution in [0.2, 0.25) is 0 Å². The molecule has 0 amide bonds. The van der Waals surface area contributed by atoms with Crippen LogP contribution in [0.1, 0.15) is 15.1 Å². The summed E-state index contributed by atoms with van der Waals surface area (Å²) in [5, 5.41) is 1.72. The number of hydrogen-bond acceptors (Lipinski definition) is 5. The van der Waals surface area contributed by atoms with Crippen LogP contribution >= 0.6 is 11.3 Å². The lowest BCUT2D eigenvalue weighted by Gasteiger charge is -2.09. The minimum absolute atomic E-state index is 0.111. The van der Waals surface area contributed by atoms with E-state index in [2.05, 4.69) is 0 Å². The molecule has 206 valence electrons. The van der Waals surface area contributed by atoms with E-state index < -0.39 is 72.0 Å². The molecule has 0 aliphatic carbocycles. The summed E-state index contributed by atoms with van der Waals surface area (Å²) in [7, 11) is 0. The van der Waals surface area contributed by atoms with Crippen molar-refractivity contribution in [1.82, 2.24) is 15.0 Å². The molecule has 4 nitrogen and oxygen atoms in total. The molecule has 0 fully saturated rings. The van der Waals surface area contributed by atoms with Crippen molar-refractivity contribution in [2.24, 2.45) is 0 Å². The first-order valence-corrected chi connectivity index (χ1v) is 14.5. The van der Waals surface area contributed by atoms with Crippen LogP contribution in [-0.2, 0) is 0 Å². The fourth-order valence-corrected chi connectivity index (χ4v) is 6.59. The van der Waals surface area contributed by atoms with Crippen LogP contribution in [0.4, 0.5) is 0 Å². The number of fused-ring (bicyclic) bond motifs is 6. The summed E-state index contributed by atoms with van der Waals surface area (Å²) >= 11 is 1.57. The first kappa shape index (κ1) is 16.3. The summed E-state index contributed by atoms with van der Waals surface area (Å²) in [4.78, 5) is 14.4. The van der Waals surface area contributed by atoms with E-state index in [9.17, 15) is 2.74 Å². The van der Waals surface area contributed by atoms with Crippen molar-refractivity contribution >= 4 is 53.4 Å². The lowest BCUT2D eigenvalue weighted by molar-refractivity contribution is 0.669. The minimum Gasteiger partial charge on any atom is -0.456 e. The Balaban J connectivity index is 1.40. The predicted octanol–water partition coefficient (Wildman–Crippen LogP) is 10.8. The third kappa shape index (κ3) is 4.02. The minimum atomic E-state index is -0.681. The van der Waals surface area contributed by atoms with Gasteiger partial charge in [0.25, 0.3) is 0 Å². The summed E-state index contributed by atoms with van der Waals surface area (Å²) in [6.07, 6.45) is 0. The van der Waals surface area contributed by atoms with E-state index in [4.69, 9.17) is 31.7 Å². The highest BCUT2D eigenvalue weighted by Gasteiger charge is 2.18. The molecule has 0 atom stereocenters. The largest absolute Gasteiger partial charge is 0.456 e. The highest BCUT2D eigenvalue weighted by atomic mass is 32.1. The molecule has 3 heterocycles. The van der Waals surface area contributed by atoms with Gasteiger partial charge in [-0.2, -0.15) is 0 Å². The zero-order valence-corrected chi connectivity index (χ0v) is 23.4. The van der Waals surface area contributed by atoms with Crippen LogP contribution in [0.15, 0.2) is 144 Å². The van der Waals surface area contributed by atoms with Crippen molar-refractivity contribution in [3.8, 4) is 45.3 Å². The Bertz CT molecular complexity index is 3100. The van der Waals surface area contributed by atoms with Gasteiger partial charge in [-0.15, -0.1) is 11.3 Å². The van der Waals surface area contributed by atoms with Crippen LogP contribution in [0.3, 0.4) is 0 Å². The molecule has 9 rings (SSSR count). The molecule has 5 heteroatoms. The van der Waals surface area contributed by atoms with Gasteiger partial charge in [0, 0.05) is 47.6 Å². The van der Waals surface area contributed by atoms with E-state index in [0.29, 0.717) is 11.1 Å². The number of aromatic nitrogens is 3. The summed E-state index contributed by atoms with van der Waals surface area (Å²) in [5.74, 6) is 0.381. The normalized spacial score (nSPS) is 15.1.